The van der Waals surface area contributed by atoms with Crippen LogP contribution in [0.5, 0.6) is 5.75 Å². The van der Waals surface area contributed by atoms with Gasteiger partial charge < -0.3 is 14.9 Å². The molecule has 1 heterocycles. The lowest BCUT2D eigenvalue weighted by Crippen LogP contribution is -2.56. The van der Waals surface area contributed by atoms with Crippen molar-refractivity contribution in [2.45, 2.75) is 45.3 Å². The van der Waals surface area contributed by atoms with Gasteiger partial charge in [0.15, 0.2) is 0 Å². The molecule has 156 valence electrons. The molecule has 1 fully saturated rings. The highest BCUT2D eigenvalue weighted by Gasteiger charge is 2.49. The van der Waals surface area contributed by atoms with Crippen LogP contribution in [0.1, 0.15) is 42.9 Å². The zero-order valence-corrected chi connectivity index (χ0v) is 17.5. The first-order valence-electron chi connectivity index (χ1n) is 10.2. The molecule has 2 N–H and O–H groups in total. The van der Waals surface area contributed by atoms with Gasteiger partial charge in [-0.1, -0.05) is 50.2 Å². The quantitative estimate of drug-likeness (QED) is 0.746. The van der Waals surface area contributed by atoms with Crippen molar-refractivity contribution in [3.63, 3.8) is 0 Å². The molecule has 0 aliphatic carbocycles. The van der Waals surface area contributed by atoms with Crippen LogP contribution in [0.4, 0.5) is 0 Å². The Morgan fingerprint density at radius 3 is 2.55 bits per heavy atom. The molecule has 0 unspecified atom stereocenters. The molecule has 3 rings (SSSR count). The van der Waals surface area contributed by atoms with Gasteiger partial charge in [0.2, 0.25) is 0 Å². The van der Waals surface area contributed by atoms with Gasteiger partial charge in [-0.2, -0.15) is 0 Å². The number of methoxy groups -OCH3 is 1. The smallest absolute Gasteiger partial charge is 0.313 e. The Morgan fingerprint density at radius 1 is 1.21 bits per heavy atom. The van der Waals surface area contributed by atoms with E-state index in [4.69, 9.17) is 4.74 Å². The second kappa shape index (κ2) is 8.97. The third kappa shape index (κ3) is 4.80. The van der Waals surface area contributed by atoms with Gasteiger partial charge in [0.05, 0.1) is 13.2 Å². The minimum absolute atomic E-state index is 0.267. The number of ether oxygens (including phenoxy) is 1. The van der Waals surface area contributed by atoms with Crippen molar-refractivity contribution in [3.05, 3.63) is 65.2 Å². The summed E-state index contributed by atoms with van der Waals surface area (Å²) in [5.41, 5.74) is 2.07. The van der Waals surface area contributed by atoms with Crippen molar-refractivity contribution in [3.8, 4) is 5.75 Å². The highest BCUT2D eigenvalue weighted by atomic mass is 16.5. The van der Waals surface area contributed by atoms with Crippen molar-refractivity contribution < 1.29 is 19.7 Å². The molecule has 0 spiro atoms. The second-order valence-corrected chi connectivity index (χ2v) is 8.40. The molecular weight excluding hydrogens is 366 g/mol. The Labute approximate surface area is 172 Å². The van der Waals surface area contributed by atoms with E-state index in [0.717, 1.165) is 11.1 Å². The van der Waals surface area contributed by atoms with E-state index in [9.17, 15) is 15.0 Å². The van der Waals surface area contributed by atoms with E-state index in [0.29, 0.717) is 37.7 Å². The fourth-order valence-corrected chi connectivity index (χ4v) is 4.17. The summed E-state index contributed by atoms with van der Waals surface area (Å²) < 4.78 is 5.27. The normalized spacial score (nSPS) is 22.6. The largest absolute Gasteiger partial charge is 0.497 e. The number of aliphatic carboxylic acids is 1. The van der Waals surface area contributed by atoms with Gasteiger partial charge in [-0.3, -0.25) is 9.69 Å². The third-order valence-electron chi connectivity index (χ3n) is 5.99. The molecule has 0 bridgehead atoms. The van der Waals surface area contributed by atoms with Crippen LogP contribution in [0.25, 0.3) is 0 Å². The molecule has 1 saturated heterocycles. The average molecular weight is 398 g/mol. The van der Waals surface area contributed by atoms with E-state index in [2.05, 4.69) is 43.0 Å². The van der Waals surface area contributed by atoms with Gasteiger partial charge in [0, 0.05) is 19.6 Å². The number of likely N-dealkylation sites (tertiary alicyclic amines) is 1. The van der Waals surface area contributed by atoms with Crippen molar-refractivity contribution >= 4 is 5.97 Å². The van der Waals surface area contributed by atoms with Gasteiger partial charge >= 0.3 is 5.97 Å². The summed E-state index contributed by atoms with van der Waals surface area (Å²) in [6, 6.07) is 15.9. The number of aliphatic hydroxyl groups is 1. The topological polar surface area (TPSA) is 70.0 Å². The molecule has 2 aromatic carbocycles. The van der Waals surface area contributed by atoms with Crippen LogP contribution in [-0.2, 0) is 17.8 Å². The van der Waals surface area contributed by atoms with Gasteiger partial charge in [0.1, 0.15) is 11.2 Å². The van der Waals surface area contributed by atoms with Gasteiger partial charge in [-0.05, 0) is 47.6 Å². The molecule has 0 saturated carbocycles. The first-order valence-corrected chi connectivity index (χ1v) is 10.2. The summed E-state index contributed by atoms with van der Waals surface area (Å²) in [5, 5.41) is 20.8. The lowest BCUT2D eigenvalue weighted by Gasteiger charge is -2.43. The zero-order chi connectivity index (χ0) is 21.0. The maximum atomic E-state index is 12.3. The molecule has 0 aromatic heterocycles. The maximum absolute atomic E-state index is 12.3. The fraction of sp³-hybridized carbons (Fsp3) is 0.458. The van der Waals surface area contributed by atoms with Gasteiger partial charge in [-0.25, -0.2) is 0 Å². The van der Waals surface area contributed by atoms with Crippen molar-refractivity contribution in [1.29, 1.82) is 0 Å². The van der Waals surface area contributed by atoms with Crippen molar-refractivity contribution in [2.24, 2.45) is 5.41 Å². The minimum atomic E-state index is -1.23. The first kappa shape index (κ1) is 21.3. The molecule has 0 amide bonds. The van der Waals surface area contributed by atoms with E-state index in [-0.39, 0.29) is 6.42 Å². The van der Waals surface area contributed by atoms with Crippen LogP contribution in [0.2, 0.25) is 0 Å². The molecule has 2 aromatic rings. The van der Waals surface area contributed by atoms with Crippen LogP contribution < -0.4 is 4.74 Å². The van der Waals surface area contributed by atoms with E-state index in [1.165, 1.54) is 5.56 Å². The summed E-state index contributed by atoms with van der Waals surface area (Å²) in [6.45, 7) is 6.01. The lowest BCUT2D eigenvalue weighted by molar-refractivity contribution is -0.163. The lowest BCUT2D eigenvalue weighted by atomic mass is 9.72. The van der Waals surface area contributed by atoms with E-state index < -0.39 is 17.5 Å². The number of piperidine rings is 1. The number of hydrogen-bond donors (Lipinski definition) is 2. The fourth-order valence-electron chi connectivity index (χ4n) is 4.17. The SMILES string of the molecule is COc1cccc(C[C@@]2(C(=O)O)CN(Cc3ccc(C(C)C)cc3)CC[C@H]2O)c1. The van der Waals surface area contributed by atoms with Crippen LogP contribution in [0.15, 0.2) is 48.5 Å². The number of aliphatic hydroxyl groups excluding tert-OH is 1. The zero-order valence-electron chi connectivity index (χ0n) is 17.5. The van der Waals surface area contributed by atoms with Crippen LogP contribution in [0, 0.1) is 5.41 Å². The Morgan fingerprint density at radius 2 is 1.93 bits per heavy atom. The van der Waals surface area contributed by atoms with E-state index >= 15 is 0 Å². The monoisotopic (exact) mass is 397 g/mol. The molecule has 5 heteroatoms. The Kier molecular flexibility index (Phi) is 6.60. The van der Waals surface area contributed by atoms with Crippen molar-refractivity contribution in [1.82, 2.24) is 4.90 Å². The average Bonchev–Trinajstić information content (AvgIpc) is 2.71. The predicted molar refractivity (Wildman–Crippen MR) is 113 cm³/mol. The minimum Gasteiger partial charge on any atom is -0.497 e. The Hall–Kier alpha value is -2.37. The van der Waals surface area contributed by atoms with Gasteiger partial charge in [-0.15, -0.1) is 0 Å². The standard InChI is InChI=1S/C24H31NO4/c1-17(2)20-9-7-18(8-10-20)15-25-12-11-22(26)24(16-25,23(27)28)14-19-5-4-6-21(13-19)29-3/h4-10,13,17,22,26H,11-12,14-16H2,1-3H3,(H,27,28)/t22-,24-/m1/s1. The first-order chi connectivity index (χ1) is 13.8. The molecular formula is C24H31NO4. The number of carboxylic acids is 1. The van der Waals surface area contributed by atoms with E-state index in [1.807, 2.05) is 24.3 Å². The number of carboxylic acid groups (broad SMARTS) is 1. The molecule has 2 atom stereocenters. The van der Waals surface area contributed by atoms with E-state index in [1.54, 1.807) is 7.11 Å². The number of nitrogens with zero attached hydrogens (tertiary/aromatic N) is 1. The van der Waals surface area contributed by atoms with Crippen molar-refractivity contribution in [2.75, 3.05) is 20.2 Å². The van der Waals surface area contributed by atoms with Gasteiger partial charge in [0.25, 0.3) is 0 Å². The van der Waals surface area contributed by atoms with Crippen LogP contribution >= 0.6 is 0 Å². The number of carbonyl (C=O) groups is 1. The predicted octanol–water partition coefficient (Wildman–Crippen LogP) is 3.70. The molecule has 5 nitrogen and oxygen atoms in total. The molecule has 29 heavy (non-hydrogen) atoms. The third-order valence-corrected chi connectivity index (χ3v) is 5.99. The second-order valence-electron chi connectivity index (χ2n) is 8.40. The molecule has 1 aliphatic rings. The number of hydrogen-bond acceptors (Lipinski definition) is 4. The summed E-state index contributed by atoms with van der Waals surface area (Å²) >= 11 is 0. The Bertz CT molecular complexity index is 833. The summed E-state index contributed by atoms with van der Waals surface area (Å²) in [4.78, 5) is 14.5. The summed E-state index contributed by atoms with van der Waals surface area (Å²) in [7, 11) is 1.59. The highest BCUT2D eigenvalue weighted by molar-refractivity contribution is 5.76. The summed E-state index contributed by atoms with van der Waals surface area (Å²) in [5.74, 6) is 0.222. The Balaban J connectivity index is 1.79. The molecule has 1 aliphatic heterocycles. The highest BCUT2D eigenvalue weighted by Crippen LogP contribution is 2.36. The number of benzene rings is 2. The summed E-state index contributed by atoms with van der Waals surface area (Å²) in [6.07, 6.45) is -0.171. The molecule has 0 radical (unpaired) electrons. The number of rotatable bonds is 7. The van der Waals surface area contributed by atoms with Crippen LogP contribution in [-0.4, -0.2) is 47.4 Å². The maximum Gasteiger partial charge on any atom is 0.313 e. The van der Waals surface area contributed by atoms with Crippen LogP contribution in [0.3, 0.4) is 0 Å².